The van der Waals surface area contributed by atoms with Crippen molar-refractivity contribution in [3.63, 3.8) is 0 Å². The Morgan fingerprint density at radius 2 is 1.88 bits per heavy atom. The van der Waals surface area contributed by atoms with Gasteiger partial charge < -0.3 is 10.6 Å². The van der Waals surface area contributed by atoms with Crippen LogP contribution in [0.5, 0.6) is 0 Å². The monoisotopic (exact) mass is 360 g/mol. The summed E-state index contributed by atoms with van der Waals surface area (Å²) in [6.07, 6.45) is 5.81. The number of hydrogen-bond acceptors (Lipinski definition) is 2. The third kappa shape index (κ3) is 4.54. The van der Waals surface area contributed by atoms with E-state index in [1.165, 1.54) is 19.3 Å². The van der Waals surface area contributed by atoms with E-state index in [9.17, 15) is 4.79 Å². The van der Waals surface area contributed by atoms with Gasteiger partial charge in [-0.1, -0.05) is 43.0 Å². The van der Waals surface area contributed by atoms with Gasteiger partial charge in [0.05, 0.1) is 23.6 Å². The van der Waals surface area contributed by atoms with E-state index in [2.05, 4.69) is 15.7 Å². The van der Waals surface area contributed by atoms with Gasteiger partial charge in [-0.3, -0.25) is 4.68 Å². The Morgan fingerprint density at radius 1 is 1.20 bits per heavy atom. The highest BCUT2D eigenvalue weighted by atomic mass is 35.5. The second-order valence-corrected chi connectivity index (χ2v) is 7.20. The normalized spacial score (nSPS) is 15.2. The molecular formula is C19H25ClN4O. The lowest BCUT2D eigenvalue weighted by atomic mass is 9.96. The number of nitrogens with zero attached hydrogens (tertiary/aromatic N) is 2. The van der Waals surface area contributed by atoms with Gasteiger partial charge in [0.1, 0.15) is 0 Å². The van der Waals surface area contributed by atoms with Gasteiger partial charge in [0.2, 0.25) is 0 Å². The minimum absolute atomic E-state index is 0.135. The highest BCUT2D eigenvalue weighted by Crippen LogP contribution is 2.22. The van der Waals surface area contributed by atoms with E-state index in [1.54, 1.807) is 0 Å². The zero-order valence-electron chi connectivity index (χ0n) is 14.8. The molecule has 1 aromatic heterocycles. The van der Waals surface area contributed by atoms with E-state index in [4.69, 9.17) is 11.6 Å². The Hall–Kier alpha value is -2.01. The summed E-state index contributed by atoms with van der Waals surface area (Å²) in [6.45, 7) is 4.55. The number of aryl methyl sites for hydroxylation is 1. The molecule has 2 amide bonds. The Morgan fingerprint density at radius 3 is 2.56 bits per heavy atom. The van der Waals surface area contributed by atoms with Crippen LogP contribution in [0.3, 0.4) is 0 Å². The Balaban J connectivity index is 1.66. The molecule has 134 valence electrons. The summed E-state index contributed by atoms with van der Waals surface area (Å²) in [5, 5.41) is 11.4. The van der Waals surface area contributed by atoms with Crippen LogP contribution in [-0.2, 0) is 6.54 Å². The summed E-state index contributed by atoms with van der Waals surface area (Å²) in [6, 6.07) is 7.88. The minimum Gasteiger partial charge on any atom is -0.335 e. The van der Waals surface area contributed by atoms with Crippen LogP contribution in [0, 0.1) is 13.8 Å². The van der Waals surface area contributed by atoms with Gasteiger partial charge in [0, 0.05) is 11.1 Å². The minimum atomic E-state index is -0.135. The summed E-state index contributed by atoms with van der Waals surface area (Å²) in [4.78, 5) is 12.3. The number of benzene rings is 1. The molecule has 1 aromatic carbocycles. The highest BCUT2D eigenvalue weighted by Gasteiger charge is 2.18. The number of carbonyl (C=O) groups is 1. The van der Waals surface area contributed by atoms with E-state index in [0.29, 0.717) is 12.6 Å². The molecular weight excluding hydrogens is 336 g/mol. The lowest BCUT2D eigenvalue weighted by Gasteiger charge is -2.22. The van der Waals surface area contributed by atoms with E-state index in [0.717, 1.165) is 40.5 Å². The van der Waals surface area contributed by atoms with Crippen LogP contribution in [0.25, 0.3) is 0 Å². The summed E-state index contributed by atoms with van der Waals surface area (Å²) >= 11 is 5.94. The first kappa shape index (κ1) is 17.8. The average Bonchev–Trinajstić information content (AvgIpc) is 2.85. The highest BCUT2D eigenvalue weighted by molar-refractivity contribution is 6.30. The van der Waals surface area contributed by atoms with Gasteiger partial charge in [-0.25, -0.2) is 4.79 Å². The molecule has 1 aliphatic rings. The molecule has 6 heteroatoms. The van der Waals surface area contributed by atoms with E-state index < -0.39 is 0 Å². The number of aromatic nitrogens is 2. The van der Waals surface area contributed by atoms with Gasteiger partial charge >= 0.3 is 6.03 Å². The fourth-order valence-corrected chi connectivity index (χ4v) is 3.50. The first-order valence-corrected chi connectivity index (χ1v) is 9.26. The van der Waals surface area contributed by atoms with Crippen LogP contribution in [-0.4, -0.2) is 21.9 Å². The van der Waals surface area contributed by atoms with Gasteiger partial charge in [0.15, 0.2) is 0 Å². The first-order valence-electron chi connectivity index (χ1n) is 8.89. The second-order valence-electron chi connectivity index (χ2n) is 6.76. The summed E-state index contributed by atoms with van der Waals surface area (Å²) < 4.78 is 1.91. The van der Waals surface area contributed by atoms with Crippen molar-refractivity contribution < 1.29 is 4.79 Å². The lowest BCUT2D eigenvalue weighted by Crippen LogP contribution is -2.39. The Bertz CT molecular complexity index is 733. The van der Waals surface area contributed by atoms with Gasteiger partial charge in [0.25, 0.3) is 0 Å². The number of urea groups is 1. The largest absolute Gasteiger partial charge is 0.335 e. The van der Waals surface area contributed by atoms with Gasteiger partial charge in [-0.05, 0) is 44.4 Å². The van der Waals surface area contributed by atoms with Crippen molar-refractivity contribution in [1.82, 2.24) is 15.1 Å². The molecule has 0 atom stereocenters. The predicted octanol–water partition coefficient (Wildman–Crippen LogP) is 4.66. The number of hydrogen-bond donors (Lipinski definition) is 2. The fraction of sp³-hybridized carbons (Fsp3) is 0.474. The molecule has 0 unspecified atom stereocenters. The lowest BCUT2D eigenvalue weighted by molar-refractivity contribution is 0.244. The molecule has 3 rings (SSSR count). The Labute approximate surface area is 153 Å². The number of halogens is 1. The number of nitrogens with one attached hydrogen (secondary N) is 2. The topological polar surface area (TPSA) is 59.0 Å². The standard InChI is InChI=1S/C19H25ClN4O/c1-13-18(22-19(25)21-17-6-4-3-5-7-17)14(2)24(23-13)12-15-8-10-16(20)11-9-15/h8-11,17H,3-7,12H2,1-2H3,(H2,21,22,25). The summed E-state index contributed by atoms with van der Waals surface area (Å²) in [5.74, 6) is 0. The third-order valence-corrected chi connectivity index (χ3v) is 5.06. The second kappa shape index (κ2) is 7.91. The molecule has 0 spiro atoms. The molecule has 1 aliphatic carbocycles. The fourth-order valence-electron chi connectivity index (χ4n) is 3.38. The van der Waals surface area contributed by atoms with Crippen molar-refractivity contribution >= 4 is 23.3 Å². The van der Waals surface area contributed by atoms with Crippen LogP contribution < -0.4 is 10.6 Å². The maximum absolute atomic E-state index is 12.3. The first-order chi connectivity index (χ1) is 12.0. The SMILES string of the molecule is Cc1nn(Cc2ccc(Cl)cc2)c(C)c1NC(=O)NC1CCCCC1. The van der Waals surface area contributed by atoms with Crippen molar-refractivity contribution in [1.29, 1.82) is 0 Å². The molecule has 1 fully saturated rings. The zero-order valence-corrected chi connectivity index (χ0v) is 15.6. The quantitative estimate of drug-likeness (QED) is 0.833. The number of carbonyl (C=O) groups excluding carboxylic acids is 1. The van der Waals surface area contributed by atoms with E-state index in [1.807, 2.05) is 42.8 Å². The zero-order chi connectivity index (χ0) is 17.8. The van der Waals surface area contributed by atoms with E-state index >= 15 is 0 Å². The van der Waals surface area contributed by atoms with Gasteiger partial charge in [-0.2, -0.15) is 5.10 Å². The molecule has 0 aliphatic heterocycles. The maximum atomic E-state index is 12.3. The molecule has 1 saturated carbocycles. The predicted molar refractivity (Wildman–Crippen MR) is 101 cm³/mol. The van der Waals surface area contributed by atoms with Crippen LogP contribution in [0.1, 0.15) is 49.1 Å². The number of anilines is 1. The Kier molecular flexibility index (Phi) is 5.63. The average molecular weight is 361 g/mol. The number of rotatable bonds is 4. The van der Waals surface area contributed by atoms with Crippen LogP contribution >= 0.6 is 11.6 Å². The van der Waals surface area contributed by atoms with Crippen LogP contribution in [0.15, 0.2) is 24.3 Å². The molecule has 5 nitrogen and oxygen atoms in total. The van der Waals surface area contributed by atoms with Crippen molar-refractivity contribution in [2.45, 2.75) is 58.5 Å². The summed E-state index contributed by atoms with van der Waals surface area (Å²) in [7, 11) is 0. The summed E-state index contributed by atoms with van der Waals surface area (Å²) in [5.41, 5.74) is 3.69. The van der Waals surface area contributed by atoms with Crippen molar-refractivity contribution in [3.8, 4) is 0 Å². The van der Waals surface area contributed by atoms with Gasteiger partial charge in [-0.15, -0.1) is 0 Å². The number of amides is 2. The molecule has 2 N–H and O–H groups in total. The van der Waals surface area contributed by atoms with Crippen LogP contribution in [0.2, 0.25) is 5.02 Å². The van der Waals surface area contributed by atoms with E-state index in [-0.39, 0.29) is 6.03 Å². The molecule has 0 saturated heterocycles. The van der Waals surface area contributed by atoms with Crippen LogP contribution in [0.4, 0.5) is 10.5 Å². The maximum Gasteiger partial charge on any atom is 0.319 e. The third-order valence-electron chi connectivity index (χ3n) is 4.81. The molecule has 25 heavy (non-hydrogen) atoms. The smallest absolute Gasteiger partial charge is 0.319 e. The van der Waals surface area contributed by atoms with Crippen molar-refractivity contribution in [3.05, 3.63) is 46.2 Å². The molecule has 0 radical (unpaired) electrons. The molecule has 0 bridgehead atoms. The van der Waals surface area contributed by atoms with Crippen molar-refractivity contribution in [2.24, 2.45) is 0 Å². The van der Waals surface area contributed by atoms with Crippen molar-refractivity contribution in [2.75, 3.05) is 5.32 Å². The molecule has 2 aromatic rings. The molecule has 1 heterocycles.